The molecule has 3 saturated carbocycles. The predicted octanol–water partition coefficient (Wildman–Crippen LogP) is 9.58. The van der Waals surface area contributed by atoms with Gasteiger partial charge in [-0.05, 0) is 143 Å². The van der Waals surface area contributed by atoms with E-state index in [1.54, 1.807) is 6.92 Å². The molecule has 5 nitrogen and oxygen atoms in total. The number of benzene rings is 1. The van der Waals surface area contributed by atoms with E-state index < -0.39 is 0 Å². The van der Waals surface area contributed by atoms with E-state index >= 15 is 0 Å². The van der Waals surface area contributed by atoms with E-state index in [1.165, 1.54) is 108 Å². The first-order valence-corrected chi connectivity index (χ1v) is 19.2. The second kappa shape index (κ2) is 19.8. The van der Waals surface area contributed by atoms with Crippen molar-refractivity contribution in [2.24, 2.45) is 35.5 Å². The van der Waals surface area contributed by atoms with Gasteiger partial charge in [0.05, 0.1) is 13.2 Å². The second-order valence-electron chi connectivity index (χ2n) is 15.3. The van der Waals surface area contributed by atoms with Crippen LogP contribution in [0.2, 0.25) is 0 Å². The summed E-state index contributed by atoms with van der Waals surface area (Å²) >= 11 is 0. The Labute approximate surface area is 280 Å². The number of aryl methyl sites for hydroxylation is 1. The summed E-state index contributed by atoms with van der Waals surface area (Å²) in [4.78, 5) is 11.8. The van der Waals surface area contributed by atoms with Gasteiger partial charge >= 0.3 is 5.97 Å². The molecule has 0 heterocycles. The van der Waals surface area contributed by atoms with Crippen LogP contribution < -0.4 is 4.74 Å². The second-order valence-corrected chi connectivity index (χ2v) is 15.3. The molecule has 0 aliphatic heterocycles. The molecule has 0 atom stereocenters. The fourth-order valence-corrected chi connectivity index (χ4v) is 8.96. The lowest BCUT2D eigenvalue weighted by molar-refractivity contribution is -0.139. The molecule has 2 N–H and O–H groups in total. The summed E-state index contributed by atoms with van der Waals surface area (Å²) in [5.74, 6) is 5.86. The number of hydrogen-bond donors (Lipinski definition) is 2. The van der Waals surface area contributed by atoms with Crippen LogP contribution >= 0.6 is 0 Å². The number of carbonyl (C=O) groups excluding carboxylic acids is 1. The summed E-state index contributed by atoms with van der Waals surface area (Å²) in [6, 6.07) is 6.70. The zero-order valence-electron chi connectivity index (χ0n) is 29.4. The zero-order valence-corrected chi connectivity index (χ0v) is 29.4. The van der Waals surface area contributed by atoms with Gasteiger partial charge in [0.25, 0.3) is 0 Å². The Kier molecular flexibility index (Phi) is 16.0. The summed E-state index contributed by atoms with van der Waals surface area (Å²) in [7, 11) is 0. The normalized spacial score (nSPS) is 27.0. The molecule has 0 radical (unpaired) electrons. The van der Waals surface area contributed by atoms with Gasteiger partial charge < -0.3 is 19.7 Å². The molecule has 3 aliphatic rings. The SMILES string of the molecule is C=C(C)C(=O)OCCCc1cc(C2CCC(C3CCC(C4CCC(CCCCC)CC4)CC3)CC2)ccc1OCCC(CO)CO. The Morgan fingerprint density at radius 2 is 1.41 bits per heavy atom. The van der Waals surface area contributed by atoms with Crippen LogP contribution in [0, 0.1) is 35.5 Å². The maximum Gasteiger partial charge on any atom is 0.333 e. The van der Waals surface area contributed by atoms with Crippen LogP contribution in [0.4, 0.5) is 0 Å². The Morgan fingerprint density at radius 1 is 0.826 bits per heavy atom. The molecule has 3 fully saturated rings. The molecule has 0 spiro atoms. The zero-order chi connectivity index (χ0) is 32.7. The van der Waals surface area contributed by atoms with Crippen molar-refractivity contribution >= 4 is 5.97 Å². The van der Waals surface area contributed by atoms with Crippen molar-refractivity contribution in [1.82, 2.24) is 0 Å². The van der Waals surface area contributed by atoms with Crippen molar-refractivity contribution in [3.8, 4) is 5.75 Å². The molecule has 5 heteroatoms. The van der Waals surface area contributed by atoms with Crippen LogP contribution in [0.5, 0.6) is 5.75 Å². The molecule has 46 heavy (non-hydrogen) atoms. The van der Waals surface area contributed by atoms with Crippen molar-refractivity contribution in [1.29, 1.82) is 0 Å². The molecule has 1 aromatic carbocycles. The van der Waals surface area contributed by atoms with Gasteiger partial charge in [-0.15, -0.1) is 0 Å². The van der Waals surface area contributed by atoms with Gasteiger partial charge in [-0.3, -0.25) is 0 Å². The number of rotatable bonds is 18. The smallest absolute Gasteiger partial charge is 0.333 e. The van der Waals surface area contributed by atoms with E-state index in [4.69, 9.17) is 9.47 Å². The van der Waals surface area contributed by atoms with Crippen LogP contribution in [0.1, 0.15) is 146 Å². The first kappa shape index (κ1) is 37.0. The third-order valence-electron chi connectivity index (χ3n) is 12.1. The third kappa shape index (κ3) is 11.4. The standard InChI is InChI=1S/C41H66O5/c1-4-5-6-8-31-10-12-33(13-11-31)34-14-16-35(17-15-34)36-18-20-37(21-19-36)38-22-23-40(45-26-24-32(28-42)29-43)39(27-38)9-7-25-46-41(44)30(2)3/h22-23,27,31-37,42-43H,2,4-21,24-26,28-29H2,1,3H3. The predicted molar refractivity (Wildman–Crippen MR) is 188 cm³/mol. The van der Waals surface area contributed by atoms with Crippen molar-refractivity contribution in [2.75, 3.05) is 26.4 Å². The van der Waals surface area contributed by atoms with Crippen molar-refractivity contribution in [3.05, 3.63) is 41.5 Å². The van der Waals surface area contributed by atoms with Gasteiger partial charge in [0, 0.05) is 24.7 Å². The summed E-state index contributed by atoms with van der Waals surface area (Å²) in [6.07, 6.45) is 25.0. The molecule has 0 amide bonds. The summed E-state index contributed by atoms with van der Waals surface area (Å²) in [6.45, 7) is 8.40. The Morgan fingerprint density at radius 3 is 1.98 bits per heavy atom. The van der Waals surface area contributed by atoms with E-state index in [0.717, 1.165) is 53.7 Å². The summed E-state index contributed by atoms with van der Waals surface area (Å²) in [5, 5.41) is 18.9. The number of esters is 1. The van der Waals surface area contributed by atoms with E-state index in [2.05, 4.69) is 31.7 Å². The van der Waals surface area contributed by atoms with Crippen LogP contribution in [-0.2, 0) is 16.0 Å². The van der Waals surface area contributed by atoms with Crippen molar-refractivity contribution in [2.45, 2.75) is 142 Å². The van der Waals surface area contributed by atoms with E-state index in [1.807, 2.05) is 0 Å². The lowest BCUT2D eigenvalue weighted by atomic mass is 9.64. The van der Waals surface area contributed by atoms with Crippen molar-refractivity contribution in [3.63, 3.8) is 0 Å². The van der Waals surface area contributed by atoms with Crippen molar-refractivity contribution < 1.29 is 24.5 Å². The van der Waals surface area contributed by atoms with Gasteiger partial charge in [0.2, 0.25) is 0 Å². The van der Waals surface area contributed by atoms with E-state index in [9.17, 15) is 15.0 Å². The fourth-order valence-electron chi connectivity index (χ4n) is 8.96. The highest BCUT2D eigenvalue weighted by Gasteiger charge is 2.35. The number of unbranched alkanes of at least 4 members (excludes halogenated alkanes) is 2. The molecular weight excluding hydrogens is 572 g/mol. The Hall–Kier alpha value is -1.85. The van der Waals surface area contributed by atoms with Crippen LogP contribution in [-0.4, -0.2) is 42.6 Å². The molecule has 3 aliphatic carbocycles. The molecular formula is C41H66O5. The number of hydrogen-bond acceptors (Lipinski definition) is 5. The van der Waals surface area contributed by atoms with Gasteiger partial charge in [0.1, 0.15) is 5.75 Å². The molecule has 0 saturated heterocycles. The topological polar surface area (TPSA) is 76.0 Å². The minimum Gasteiger partial charge on any atom is -0.493 e. The minimum atomic E-state index is -0.338. The molecule has 0 bridgehead atoms. The highest BCUT2D eigenvalue weighted by molar-refractivity contribution is 5.86. The van der Waals surface area contributed by atoms with Gasteiger partial charge in [-0.1, -0.05) is 64.2 Å². The van der Waals surface area contributed by atoms with Crippen LogP contribution in [0.3, 0.4) is 0 Å². The van der Waals surface area contributed by atoms with Gasteiger partial charge in [0.15, 0.2) is 0 Å². The average Bonchev–Trinajstić information content (AvgIpc) is 3.09. The molecule has 4 rings (SSSR count). The maximum atomic E-state index is 11.8. The number of aliphatic hydroxyl groups is 2. The lowest BCUT2D eigenvalue weighted by Gasteiger charge is -2.41. The maximum absolute atomic E-state index is 11.8. The molecule has 260 valence electrons. The highest BCUT2D eigenvalue weighted by Crippen LogP contribution is 2.47. The van der Waals surface area contributed by atoms with E-state index in [0.29, 0.717) is 31.1 Å². The summed E-state index contributed by atoms with van der Waals surface area (Å²) < 4.78 is 11.5. The highest BCUT2D eigenvalue weighted by atomic mass is 16.5. The van der Waals surface area contributed by atoms with Crippen LogP contribution in [0.25, 0.3) is 0 Å². The Bertz CT molecular complexity index is 1020. The monoisotopic (exact) mass is 638 g/mol. The largest absolute Gasteiger partial charge is 0.493 e. The molecule has 0 unspecified atom stereocenters. The fraction of sp³-hybridized carbons (Fsp3) is 0.780. The van der Waals surface area contributed by atoms with Gasteiger partial charge in [-0.25, -0.2) is 4.79 Å². The molecule has 1 aromatic rings. The quantitative estimate of drug-likeness (QED) is 0.0951. The van der Waals surface area contributed by atoms with E-state index in [-0.39, 0.29) is 25.1 Å². The van der Waals surface area contributed by atoms with Gasteiger partial charge in [-0.2, -0.15) is 0 Å². The molecule has 0 aromatic heterocycles. The summed E-state index contributed by atoms with van der Waals surface area (Å²) in [5.41, 5.74) is 2.99. The Balaban J connectivity index is 1.24. The van der Waals surface area contributed by atoms with Crippen LogP contribution in [0.15, 0.2) is 30.4 Å². The third-order valence-corrected chi connectivity index (χ3v) is 12.1. The average molecular weight is 639 g/mol. The lowest BCUT2D eigenvalue weighted by Crippen LogP contribution is -2.29. The minimum absolute atomic E-state index is 0.0377. The first-order valence-electron chi connectivity index (χ1n) is 19.2. The number of ether oxygens (including phenoxy) is 2. The number of aliphatic hydroxyl groups excluding tert-OH is 2. The first-order chi connectivity index (χ1) is 22.4. The number of carbonyl (C=O) groups is 1.